The molecule has 0 bridgehead atoms. The topological polar surface area (TPSA) is 93.7 Å². The van der Waals surface area contributed by atoms with E-state index in [2.05, 4.69) is 39.1 Å². The number of hydrogen-bond acceptors (Lipinski definition) is 9. The number of ether oxygens (including phenoxy) is 7. The maximum atomic E-state index is 10.9. The molecular weight excluding hydrogens is 440 g/mol. The summed E-state index contributed by atoms with van der Waals surface area (Å²) in [5.41, 5.74) is 0. The highest BCUT2D eigenvalue weighted by atomic mass is 32.1. The molecule has 0 aromatic rings. The lowest BCUT2D eigenvalue weighted by Crippen LogP contribution is -2.37. The van der Waals surface area contributed by atoms with Crippen LogP contribution in [0.5, 0.6) is 0 Å². The standard InChI is InChI=1S/C21H44N2O8S/c1-23(2,3)5-7-26-9-11-28-13-15-30-17-19-31-18-16-29-14-12-27-10-8-25-6-4-22-21(24)20-32/h4-20H2,1-3H3,(H-,22,24,32)/p+1. The van der Waals surface area contributed by atoms with Crippen molar-refractivity contribution >= 4 is 18.5 Å². The van der Waals surface area contributed by atoms with E-state index in [-0.39, 0.29) is 11.7 Å². The van der Waals surface area contributed by atoms with Crippen LogP contribution in [0.15, 0.2) is 0 Å². The van der Waals surface area contributed by atoms with E-state index in [1.165, 1.54) is 0 Å². The van der Waals surface area contributed by atoms with Crippen LogP contribution in [0.1, 0.15) is 0 Å². The molecule has 0 unspecified atom stereocenters. The first-order valence-electron chi connectivity index (χ1n) is 11.2. The van der Waals surface area contributed by atoms with E-state index in [1.54, 1.807) is 0 Å². The Hall–Kier alpha value is -0.500. The lowest BCUT2D eigenvalue weighted by molar-refractivity contribution is -0.870. The normalized spacial score (nSPS) is 11.8. The van der Waals surface area contributed by atoms with Gasteiger partial charge >= 0.3 is 0 Å². The number of nitrogens with one attached hydrogen (secondary N) is 1. The van der Waals surface area contributed by atoms with Crippen LogP contribution in [-0.4, -0.2) is 143 Å². The molecule has 10 nitrogen and oxygen atoms in total. The van der Waals surface area contributed by atoms with Crippen molar-refractivity contribution in [2.45, 2.75) is 0 Å². The second-order valence-corrected chi connectivity index (χ2v) is 8.12. The van der Waals surface area contributed by atoms with E-state index >= 15 is 0 Å². The fourth-order valence-electron chi connectivity index (χ4n) is 2.08. The maximum Gasteiger partial charge on any atom is 0.229 e. The van der Waals surface area contributed by atoms with Gasteiger partial charge < -0.3 is 43.0 Å². The maximum absolute atomic E-state index is 10.9. The third-order valence-electron chi connectivity index (χ3n) is 3.85. The van der Waals surface area contributed by atoms with Crippen molar-refractivity contribution in [2.75, 3.05) is 132 Å². The summed E-state index contributed by atoms with van der Waals surface area (Å²) in [7, 11) is 6.43. The average Bonchev–Trinajstić information content (AvgIpc) is 2.75. The van der Waals surface area contributed by atoms with Gasteiger partial charge in [0.05, 0.1) is 119 Å². The van der Waals surface area contributed by atoms with Gasteiger partial charge in [-0.3, -0.25) is 4.79 Å². The molecule has 0 aliphatic rings. The van der Waals surface area contributed by atoms with Crippen molar-refractivity contribution < 1.29 is 42.4 Å². The fourth-order valence-corrected chi connectivity index (χ4v) is 2.19. The van der Waals surface area contributed by atoms with Crippen molar-refractivity contribution in [1.82, 2.24) is 5.32 Å². The number of likely N-dealkylation sites (N-methyl/N-ethyl adjacent to an activating group) is 1. The van der Waals surface area contributed by atoms with Gasteiger partial charge in [-0.05, 0) is 0 Å². The number of carbonyl (C=O) groups is 1. The Kier molecular flexibility index (Phi) is 23.3. The van der Waals surface area contributed by atoms with Gasteiger partial charge in [0.1, 0.15) is 6.54 Å². The van der Waals surface area contributed by atoms with E-state index < -0.39 is 0 Å². The molecule has 0 aromatic carbocycles. The minimum atomic E-state index is -0.102. The lowest BCUT2D eigenvalue weighted by Gasteiger charge is -2.23. The van der Waals surface area contributed by atoms with Crippen LogP contribution in [-0.2, 0) is 38.0 Å². The summed E-state index contributed by atoms with van der Waals surface area (Å²) < 4.78 is 38.9. The van der Waals surface area contributed by atoms with Gasteiger partial charge in [-0.1, -0.05) is 0 Å². The molecule has 11 heteroatoms. The monoisotopic (exact) mass is 485 g/mol. The van der Waals surface area contributed by atoms with Crippen molar-refractivity contribution in [2.24, 2.45) is 0 Å². The Labute approximate surface area is 199 Å². The highest BCUT2D eigenvalue weighted by molar-refractivity contribution is 7.81. The lowest BCUT2D eigenvalue weighted by atomic mass is 10.5. The van der Waals surface area contributed by atoms with Crippen molar-refractivity contribution in [3.8, 4) is 0 Å². The number of quaternary nitrogens is 1. The first-order chi connectivity index (χ1) is 15.5. The van der Waals surface area contributed by atoms with Crippen LogP contribution < -0.4 is 5.32 Å². The summed E-state index contributed by atoms with van der Waals surface area (Å²) in [4.78, 5) is 10.9. The van der Waals surface area contributed by atoms with Gasteiger partial charge in [-0.15, -0.1) is 0 Å². The second kappa shape index (κ2) is 23.7. The van der Waals surface area contributed by atoms with E-state index in [1.807, 2.05) is 0 Å². The van der Waals surface area contributed by atoms with Crippen LogP contribution in [0.4, 0.5) is 0 Å². The smallest absolute Gasteiger partial charge is 0.229 e. The molecule has 0 heterocycles. The first-order valence-corrected chi connectivity index (χ1v) is 11.8. The van der Waals surface area contributed by atoms with Gasteiger partial charge in [-0.2, -0.15) is 12.6 Å². The third kappa shape index (κ3) is 27.5. The van der Waals surface area contributed by atoms with Gasteiger partial charge in [0.15, 0.2) is 0 Å². The van der Waals surface area contributed by atoms with Crippen molar-refractivity contribution in [1.29, 1.82) is 0 Å². The van der Waals surface area contributed by atoms with E-state index in [9.17, 15) is 4.79 Å². The average molecular weight is 486 g/mol. The predicted octanol–water partition coefficient (Wildman–Crippen LogP) is -0.145. The van der Waals surface area contributed by atoms with E-state index in [0.717, 1.165) is 17.6 Å². The van der Waals surface area contributed by atoms with Crippen LogP contribution in [0.25, 0.3) is 0 Å². The molecule has 192 valence electrons. The summed E-state index contributed by atoms with van der Waals surface area (Å²) in [6.45, 7) is 9.04. The van der Waals surface area contributed by atoms with Gasteiger partial charge in [0.2, 0.25) is 5.91 Å². The molecule has 0 aromatic heterocycles. The van der Waals surface area contributed by atoms with Gasteiger partial charge in [0.25, 0.3) is 0 Å². The van der Waals surface area contributed by atoms with Crippen LogP contribution in [0.3, 0.4) is 0 Å². The SMILES string of the molecule is C[N+](C)(C)CCOCCOCCOCCOCCOCCOCCOCCNC(=O)CS. The number of amides is 1. The van der Waals surface area contributed by atoms with Crippen LogP contribution in [0, 0.1) is 0 Å². The fraction of sp³-hybridized carbons (Fsp3) is 0.952. The summed E-state index contributed by atoms with van der Waals surface area (Å²) in [6.07, 6.45) is 0. The molecule has 0 saturated heterocycles. The highest BCUT2D eigenvalue weighted by Crippen LogP contribution is 1.90. The summed E-state index contributed by atoms with van der Waals surface area (Å²) in [5.74, 6) is 0.0847. The summed E-state index contributed by atoms with van der Waals surface area (Å²) >= 11 is 3.87. The highest BCUT2D eigenvalue weighted by Gasteiger charge is 2.05. The number of nitrogens with zero attached hydrogens (tertiary/aromatic N) is 1. The molecule has 32 heavy (non-hydrogen) atoms. The minimum absolute atomic E-state index is 0.102. The third-order valence-corrected chi connectivity index (χ3v) is 4.14. The van der Waals surface area contributed by atoms with Gasteiger partial charge in [0, 0.05) is 6.54 Å². The molecule has 0 aliphatic heterocycles. The molecule has 1 amide bonds. The Morgan fingerprint density at radius 3 is 1.22 bits per heavy atom. The Morgan fingerprint density at radius 1 is 0.594 bits per heavy atom. The Bertz CT molecular complexity index is 414. The van der Waals surface area contributed by atoms with Crippen molar-refractivity contribution in [3.63, 3.8) is 0 Å². The molecule has 0 spiro atoms. The molecule has 0 fully saturated rings. The molecule has 0 radical (unpaired) electrons. The molecule has 1 N–H and O–H groups in total. The summed E-state index contributed by atoms with van der Waals surface area (Å²) in [5, 5.41) is 2.67. The Balaban J connectivity index is 3.06. The number of thiol groups is 1. The molecule has 0 saturated carbocycles. The van der Waals surface area contributed by atoms with Crippen LogP contribution in [0.2, 0.25) is 0 Å². The largest absolute Gasteiger partial charge is 0.377 e. The predicted molar refractivity (Wildman–Crippen MR) is 125 cm³/mol. The second-order valence-electron chi connectivity index (χ2n) is 7.81. The number of rotatable bonds is 25. The number of hydrogen-bond donors (Lipinski definition) is 2. The Morgan fingerprint density at radius 2 is 0.906 bits per heavy atom. The molecular formula is C21H45N2O8S+. The number of carbonyl (C=O) groups excluding carboxylic acids is 1. The van der Waals surface area contributed by atoms with E-state index in [0.29, 0.717) is 92.4 Å². The molecule has 0 aliphatic carbocycles. The molecule has 0 rings (SSSR count). The van der Waals surface area contributed by atoms with Gasteiger partial charge in [-0.25, -0.2) is 0 Å². The molecule has 0 atom stereocenters. The quantitative estimate of drug-likeness (QED) is 0.105. The summed E-state index contributed by atoms with van der Waals surface area (Å²) in [6, 6.07) is 0. The zero-order chi connectivity index (χ0) is 23.8. The van der Waals surface area contributed by atoms with Crippen LogP contribution >= 0.6 is 12.6 Å². The minimum Gasteiger partial charge on any atom is -0.377 e. The van der Waals surface area contributed by atoms with E-state index in [4.69, 9.17) is 33.2 Å². The van der Waals surface area contributed by atoms with Crippen molar-refractivity contribution in [3.05, 3.63) is 0 Å². The zero-order valence-corrected chi connectivity index (χ0v) is 21.1. The zero-order valence-electron chi connectivity index (χ0n) is 20.2. The first kappa shape index (κ1) is 31.5.